The number of aryl methyl sites for hydroxylation is 3. The second kappa shape index (κ2) is 34.1. The molecule has 22 rings (SSSR count). The van der Waals surface area contributed by atoms with Gasteiger partial charge in [0.25, 0.3) is 0 Å². The average Bonchev–Trinajstić information content (AvgIpc) is 0.708. The van der Waals surface area contributed by atoms with Crippen LogP contribution in [0.15, 0.2) is 371 Å². The first kappa shape index (κ1) is 78.6. The number of hydrogen-bond donors (Lipinski definition) is 0. The Morgan fingerprint density at radius 3 is 0.736 bits per heavy atom. The minimum absolute atomic E-state index is 0.242. The van der Waals surface area contributed by atoms with E-state index in [0.29, 0.717) is 0 Å². The van der Waals surface area contributed by atoms with Crippen LogP contribution in [-0.4, -0.2) is 0 Å². The van der Waals surface area contributed by atoms with Gasteiger partial charge in [0, 0.05) is 68.2 Å². The third-order valence-corrected chi connectivity index (χ3v) is 28.6. The van der Waals surface area contributed by atoms with Crippen LogP contribution in [0, 0.1) is 30.6 Å². The molecule has 602 valence electrons. The van der Waals surface area contributed by atoms with Crippen LogP contribution in [0.25, 0.3) is 34.4 Å². The van der Waals surface area contributed by atoms with Crippen molar-refractivity contribution in [1.82, 2.24) is 0 Å². The molecule has 4 atom stereocenters. The molecule has 8 fully saturated rings. The van der Waals surface area contributed by atoms with E-state index in [1.165, 1.54) is 187 Å². The van der Waals surface area contributed by atoms with Crippen molar-refractivity contribution in [2.24, 2.45) is 23.7 Å². The summed E-state index contributed by atoms with van der Waals surface area (Å²) in [5.74, 6) is 3.23. The van der Waals surface area contributed by atoms with E-state index < -0.39 is 0 Å². The fourth-order valence-corrected chi connectivity index (χ4v) is 23.6. The van der Waals surface area contributed by atoms with E-state index in [1.807, 2.05) is 12.2 Å². The number of anilines is 12. The molecule has 0 saturated heterocycles. The van der Waals surface area contributed by atoms with Crippen molar-refractivity contribution in [2.75, 3.05) is 19.6 Å². The van der Waals surface area contributed by atoms with Crippen molar-refractivity contribution in [2.45, 2.75) is 158 Å². The van der Waals surface area contributed by atoms with E-state index >= 15 is 0 Å². The van der Waals surface area contributed by atoms with E-state index in [2.05, 4.69) is 411 Å². The highest BCUT2D eigenvalue weighted by Gasteiger charge is 2.60. The quantitative estimate of drug-likeness (QED) is 0.0536. The molecule has 0 radical (unpaired) electrons. The number of benzene rings is 14. The van der Waals surface area contributed by atoms with Crippen LogP contribution in [0.1, 0.15) is 167 Å². The van der Waals surface area contributed by atoms with Crippen molar-refractivity contribution in [3.05, 3.63) is 421 Å². The summed E-state index contributed by atoms with van der Waals surface area (Å²) in [6.45, 7) is 14.7. The summed E-state index contributed by atoms with van der Waals surface area (Å²) in [6, 6.07) is 134. The van der Waals surface area contributed by atoms with Gasteiger partial charge in [-0.25, -0.2) is 0 Å². The van der Waals surface area contributed by atoms with Crippen LogP contribution in [-0.2, 0) is 34.5 Å². The maximum absolute atomic E-state index is 4.02. The fraction of sp³-hybridized carbons (Fsp3) is 0.248. The summed E-state index contributed by atoms with van der Waals surface area (Å²) in [7, 11) is 0. The first-order valence-corrected chi connectivity index (χ1v) is 45.1. The molecule has 14 aromatic carbocycles. The first-order valence-electron chi connectivity index (χ1n) is 45.1. The standard InChI is InChI=1S/C59H58N2.C58H56N2/c1-4-6-10-45-17-27-53(28-18-45)61(55-31-23-51(24-32-55)59-40-46-37-47(41-59)39-58(38-46,42-59)50-21-15-44(5-2)16-22-50)57-35-33-56(34-36-57)60(52-25-13-43(3)14-26-52)54-29-19-49(20-30-54)48-11-8-7-9-12-48;1-3-5-12-44-19-27-52(28-20-44)60(54-31-25-50(26-32-54)58-40-45-37-46(41-58)39-57(38-45,42-58)49-23-17-43(4-2)18-24-49)56-35-33-55(34-36-56)59(51-15-10-7-11-16-51)53-29-21-48(22-30-53)47-13-8-6-9-14-47/h5,7-9,11-36,46-47H,2,4,6,10,37-42H2,1,3H3;4,6-11,13-36,45-46H,2-3,5,12,37-42H2,1H3. The van der Waals surface area contributed by atoms with Gasteiger partial charge in [-0.05, 0) is 367 Å². The molecule has 4 nitrogen and oxygen atoms in total. The molecule has 8 saturated carbocycles. The molecule has 0 amide bonds. The van der Waals surface area contributed by atoms with Gasteiger partial charge in [-0.1, -0.05) is 270 Å². The van der Waals surface area contributed by atoms with E-state index in [0.717, 1.165) is 82.0 Å². The Bertz CT molecular complexity index is 5800. The molecule has 0 spiro atoms. The Kier molecular flexibility index (Phi) is 22.2. The Hall–Kier alpha value is -12.2. The second-order valence-corrected chi connectivity index (χ2v) is 36.7. The van der Waals surface area contributed by atoms with Crippen LogP contribution >= 0.6 is 0 Å². The van der Waals surface area contributed by atoms with Crippen LogP contribution in [0.3, 0.4) is 0 Å². The van der Waals surface area contributed by atoms with Crippen molar-refractivity contribution < 1.29 is 0 Å². The van der Waals surface area contributed by atoms with Gasteiger partial charge in [0.1, 0.15) is 0 Å². The number of rotatable bonds is 26. The summed E-state index contributed by atoms with van der Waals surface area (Å²) < 4.78 is 0. The van der Waals surface area contributed by atoms with Gasteiger partial charge in [-0.3, -0.25) is 0 Å². The molecular weight excluding hydrogens is 1460 g/mol. The summed E-state index contributed by atoms with van der Waals surface area (Å²) in [6.07, 6.45) is 27.0. The number of para-hydroxylation sites is 1. The fourth-order valence-electron chi connectivity index (χ4n) is 23.6. The molecule has 0 aromatic heterocycles. The molecular formula is C117H114N4. The number of unbranched alkanes of at least 4 members (excludes halogenated alkanes) is 2. The molecule has 121 heavy (non-hydrogen) atoms. The highest BCUT2D eigenvalue weighted by atomic mass is 15.2. The monoisotopic (exact) mass is 1570 g/mol. The van der Waals surface area contributed by atoms with E-state index in [-0.39, 0.29) is 21.7 Å². The van der Waals surface area contributed by atoms with Gasteiger partial charge in [0.05, 0.1) is 0 Å². The molecule has 4 heteroatoms. The van der Waals surface area contributed by atoms with E-state index in [9.17, 15) is 0 Å². The summed E-state index contributed by atoms with van der Waals surface area (Å²) in [5, 5.41) is 0. The summed E-state index contributed by atoms with van der Waals surface area (Å²) in [4.78, 5) is 9.61. The summed E-state index contributed by atoms with van der Waals surface area (Å²) in [5.41, 5.74) is 32.4. The normalized spacial score (nSPS) is 21.3. The van der Waals surface area contributed by atoms with Gasteiger partial charge < -0.3 is 19.6 Å². The van der Waals surface area contributed by atoms with Crippen LogP contribution in [0.4, 0.5) is 68.2 Å². The minimum Gasteiger partial charge on any atom is -0.311 e. The lowest BCUT2D eigenvalue weighted by Crippen LogP contribution is -2.55. The maximum Gasteiger partial charge on any atom is 0.0463 e. The smallest absolute Gasteiger partial charge is 0.0463 e. The topological polar surface area (TPSA) is 13.0 Å². The Morgan fingerprint density at radius 2 is 0.471 bits per heavy atom. The van der Waals surface area contributed by atoms with Gasteiger partial charge in [0.15, 0.2) is 0 Å². The third kappa shape index (κ3) is 16.1. The molecule has 8 aliphatic carbocycles. The Balaban J connectivity index is 0.000000160. The van der Waals surface area contributed by atoms with Crippen LogP contribution in [0.2, 0.25) is 0 Å². The lowest BCUT2D eigenvalue weighted by molar-refractivity contribution is -0.0282. The Labute approximate surface area is 720 Å². The van der Waals surface area contributed by atoms with Crippen molar-refractivity contribution in [1.29, 1.82) is 0 Å². The van der Waals surface area contributed by atoms with Gasteiger partial charge >= 0.3 is 0 Å². The molecule has 14 aromatic rings. The molecule has 0 aliphatic heterocycles. The SMILES string of the molecule is C=Cc1ccc(C23CC4CC(C2)CC(c2ccc(N(c5ccc(CCCC)cc5)c5ccc(N(c6ccc(C)cc6)c6ccc(-c7ccccc7)cc6)cc5)cc2)(C4)C3)cc1.C=Cc1ccc(C23CC4CC(C2)CC(c2ccc(N(c5ccc(CCCC)cc5)c5ccc(N(c6ccccc6)c6ccc(-c7ccccc7)cc6)cc5)cc2)(C4)C3)cc1. The lowest BCUT2D eigenvalue weighted by Gasteiger charge is -2.63. The zero-order valence-electron chi connectivity index (χ0n) is 71.0. The van der Waals surface area contributed by atoms with Gasteiger partial charge in [0.2, 0.25) is 0 Å². The van der Waals surface area contributed by atoms with E-state index in [1.54, 1.807) is 11.1 Å². The van der Waals surface area contributed by atoms with Crippen LogP contribution < -0.4 is 19.6 Å². The molecule has 0 N–H and O–H groups in total. The number of nitrogens with zero attached hydrogens (tertiary/aromatic N) is 4. The number of hydrogen-bond acceptors (Lipinski definition) is 4. The molecule has 4 unspecified atom stereocenters. The summed E-state index contributed by atoms with van der Waals surface area (Å²) >= 11 is 0. The zero-order valence-corrected chi connectivity index (χ0v) is 71.0. The highest BCUT2D eigenvalue weighted by molar-refractivity contribution is 5.85. The Morgan fingerprint density at radius 1 is 0.256 bits per heavy atom. The largest absolute Gasteiger partial charge is 0.311 e. The first-order chi connectivity index (χ1) is 59.4. The molecule has 0 heterocycles. The second-order valence-electron chi connectivity index (χ2n) is 36.7. The van der Waals surface area contributed by atoms with E-state index in [4.69, 9.17) is 0 Å². The van der Waals surface area contributed by atoms with Crippen molar-refractivity contribution in [3.8, 4) is 22.3 Å². The van der Waals surface area contributed by atoms with Crippen molar-refractivity contribution >= 4 is 80.4 Å². The molecule has 8 aliphatic rings. The van der Waals surface area contributed by atoms with Crippen molar-refractivity contribution in [3.63, 3.8) is 0 Å². The average molecular weight is 1580 g/mol. The predicted molar refractivity (Wildman–Crippen MR) is 514 cm³/mol. The zero-order chi connectivity index (χ0) is 81.9. The highest BCUT2D eigenvalue weighted by Crippen LogP contribution is 2.68. The predicted octanol–water partition coefficient (Wildman–Crippen LogP) is 32.4. The lowest BCUT2D eigenvalue weighted by atomic mass is 9.41. The van der Waals surface area contributed by atoms with Gasteiger partial charge in [-0.15, -0.1) is 0 Å². The maximum atomic E-state index is 4.02. The van der Waals surface area contributed by atoms with Crippen LogP contribution in [0.5, 0.6) is 0 Å². The molecule has 8 bridgehead atoms. The third-order valence-electron chi connectivity index (χ3n) is 28.6. The minimum atomic E-state index is 0.242. The van der Waals surface area contributed by atoms with Gasteiger partial charge in [-0.2, -0.15) is 0 Å².